The fourth-order valence-corrected chi connectivity index (χ4v) is 3.83. The van der Waals surface area contributed by atoms with Gasteiger partial charge in [0.05, 0.1) is 6.61 Å². The summed E-state index contributed by atoms with van der Waals surface area (Å²) in [7, 11) is 0. The van der Waals surface area contributed by atoms with Gasteiger partial charge in [0.2, 0.25) is 0 Å². The number of aryl methyl sites for hydroxylation is 1. The summed E-state index contributed by atoms with van der Waals surface area (Å²) >= 11 is 2.59. The van der Waals surface area contributed by atoms with Crippen molar-refractivity contribution in [3.05, 3.63) is 34.9 Å². The van der Waals surface area contributed by atoms with Gasteiger partial charge in [-0.2, -0.15) is 0 Å². The van der Waals surface area contributed by atoms with Gasteiger partial charge in [0.25, 0.3) is 0 Å². The lowest BCUT2D eigenvalue weighted by atomic mass is 9.81. The van der Waals surface area contributed by atoms with Gasteiger partial charge in [0.1, 0.15) is 0 Å². The molecule has 0 saturated heterocycles. The van der Waals surface area contributed by atoms with Crippen LogP contribution in [0.15, 0.2) is 18.2 Å². The van der Waals surface area contributed by atoms with Crippen LogP contribution < -0.4 is 0 Å². The average Bonchev–Trinajstić information content (AvgIpc) is 2.29. The summed E-state index contributed by atoms with van der Waals surface area (Å²) in [5, 5.41) is 9.42. The molecule has 1 saturated carbocycles. The van der Waals surface area contributed by atoms with Crippen molar-refractivity contribution in [1.82, 2.24) is 0 Å². The average molecular weight is 330 g/mol. The largest absolute Gasteiger partial charge is 0.392 e. The maximum atomic E-state index is 9.42. The third kappa shape index (κ3) is 2.59. The standard InChI is InChI=1S/C14H19IO/c1-10-6-7-11(9-16)13(8-10)12-4-2-3-5-14(12)15/h6-8,12,14,16H,2-5,9H2,1H3. The highest BCUT2D eigenvalue weighted by Gasteiger charge is 2.25. The van der Waals surface area contributed by atoms with Gasteiger partial charge in [-0.3, -0.25) is 0 Å². The van der Waals surface area contributed by atoms with E-state index in [2.05, 4.69) is 47.7 Å². The second-order valence-corrected chi connectivity index (χ2v) is 6.37. The SMILES string of the molecule is Cc1ccc(CO)c(C2CCCCC2I)c1. The monoisotopic (exact) mass is 330 g/mol. The Hall–Kier alpha value is -0.0900. The summed E-state index contributed by atoms with van der Waals surface area (Å²) in [6.07, 6.45) is 5.31. The summed E-state index contributed by atoms with van der Waals surface area (Å²) in [4.78, 5) is 0. The molecule has 1 aliphatic rings. The molecule has 2 unspecified atom stereocenters. The second-order valence-electron chi connectivity index (χ2n) is 4.77. The van der Waals surface area contributed by atoms with Gasteiger partial charge in [-0.25, -0.2) is 0 Å². The van der Waals surface area contributed by atoms with E-state index in [0.717, 1.165) is 9.49 Å². The highest BCUT2D eigenvalue weighted by molar-refractivity contribution is 14.1. The van der Waals surface area contributed by atoms with Gasteiger partial charge >= 0.3 is 0 Å². The molecular formula is C14H19IO. The Morgan fingerprint density at radius 1 is 1.31 bits per heavy atom. The first-order valence-corrected chi connectivity index (χ1v) is 7.31. The molecule has 0 amide bonds. The molecule has 1 nitrogen and oxygen atoms in total. The molecule has 88 valence electrons. The molecule has 1 aliphatic carbocycles. The third-order valence-electron chi connectivity index (χ3n) is 3.55. The summed E-state index contributed by atoms with van der Waals surface area (Å²) < 4.78 is 0.735. The van der Waals surface area contributed by atoms with Gasteiger partial charge in [0.15, 0.2) is 0 Å². The number of rotatable bonds is 2. The molecule has 1 aromatic carbocycles. The number of hydrogen-bond donors (Lipinski definition) is 1. The van der Waals surface area contributed by atoms with Crippen LogP contribution in [0.3, 0.4) is 0 Å². The predicted octanol–water partition coefficient (Wildman–Crippen LogP) is 3.95. The van der Waals surface area contributed by atoms with Gasteiger partial charge in [0, 0.05) is 3.92 Å². The zero-order valence-corrected chi connectivity index (χ0v) is 11.9. The Morgan fingerprint density at radius 3 is 2.75 bits per heavy atom. The number of benzene rings is 1. The maximum absolute atomic E-state index is 9.42. The lowest BCUT2D eigenvalue weighted by Crippen LogP contribution is -2.18. The van der Waals surface area contributed by atoms with Crippen LogP contribution in [0, 0.1) is 6.92 Å². The number of alkyl halides is 1. The first-order chi connectivity index (χ1) is 7.72. The van der Waals surface area contributed by atoms with E-state index in [1.165, 1.54) is 36.8 Å². The van der Waals surface area contributed by atoms with E-state index in [0.29, 0.717) is 5.92 Å². The molecule has 0 aromatic heterocycles. The molecule has 2 atom stereocenters. The molecule has 2 rings (SSSR count). The van der Waals surface area contributed by atoms with Crippen molar-refractivity contribution in [3.63, 3.8) is 0 Å². The van der Waals surface area contributed by atoms with Crippen molar-refractivity contribution in [2.45, 2.75) is 49.1 Å². The Bertz CT molecular complexity index is 362. The lowest BCUT2D eigenvalue weighted by Gasteiger charge is -2.29. The van der Waals surface area contributed by atoms with Gasteiger partial charge in [-0.1, -0.05) is 59.2 Å². The molecule has 0 heterocycles. The lowest BCUT2D eigenvalue weighted by molar-refractivity contribution is 0.279. The van der Waals surface area contributed by atoms with Crippen LogP contribution in [0.4, 0.5) is 0 Å². The number of aliphatic hydroxyl groups is 1. The minimum atomic E-state index is 0.176. The molecule has 16 heavy (non-hydrogen) atoms. The summed E-state index contributed by atoms with van der Waals surface area (Å²) in [5.74, 6) is 0.649. The van der Waals surface area contributed by atoms with E-state index in [-0.39, 0.29) is 6.61 Å². The quantitative estimate of drug-likeness (QED) is 0.643. The van der Waals surface area contributed by atoms with Crippen LogP contribution in [-0.4, -0.2) is 9.03 Å². The second kappa shape index (κ2) is 5.50. The Labute approximate surface area is 111 Å². The predicted molar refractivity (Wildman–Crippen MR) is 76.1 cm³/mol. The van der Waals surface area contributed by atoms with Crippen LogP contribution in [0.2, 0.25) is 0 Å². The minimum absolute atomic E-state index is 0.176. The maximum Gasteiger partial charge on any atom is 0.0684 e. The van der Waals surface area contributed by atoms with E-state index in [4.69, 9.17) is 0 Å². The fourth-order valence-electron chi connectivity index (χ4n) is 2.64. The summed E-state index contributed by atoms with van der Waals surface area (Å²) in [5.41, 5.74) is 3.82. The molecule has 0 bridgehead atoms. The molecule has 0 aliphatic heterocycles. The normalized spacial score (nSPS) is 25.7. The van der Waals surface area contributed by atoms with Crippen LogP contribution in [0.1, 0.15) is 48.3 Å². The summed E-state index contributed by atoms with van der Waals surface area (Å²) in [6.45, 7) is 2.31. The zero-order chi connectivity index (χ0) is 11.5. The molecule has 1 fully saturated rings. The molecule has 1 aromatic rings. The van der Waals surface area contributed by atoms with E-state index >= 15 is 0 Å². The molecule has 2 heteroatoms. The fraction of sp³-hybridized carbons (Fsp3) is 0.571. The van der Waals surface area contributed by atoms with Crippen LogP contribution in [0.25, 0.3) is 0 Å². The molecule has 0 spiro atoms. The Morgan fingerprint density at radius 2 is 2.06 bits per heavy atom. The number of halogens is 1. The van der Waals surface area contributed by atoms with E-state index in [9.17, 15) is 5.11 Å². The summed E-state index contributed by atoms with van der Waals surface area (Å²) in [6, 6.07) is 6.45. The van der Waals surface area contributed by atoms with Crippen LogP contribution >= 0.6 is 22.6 Å². The Balaban J connectivity index is 2.33. The van der Waals surface area contributed by atoms with Crippen molar-refractivity contribution in [2.24, 2.45) is 0 Å². The van der Waals surface area contributed by atoms with Crippen molar-refractivity contribution < 1.29 is 5.11 Å². The Kier molecular flexibility index (Phi) is 4.25. The van der Waals surface area contributed by atoms with Crippen molar-refractivity contribution in [1.29, 1.82) is 0 Å². The van der Waals surface area contributed by atoms with Gasteiger partial charge in [-0.15, -0.1) is 0 Å². The van der Waals surface area contributed by atoms with Crippen molar-refractivity contribution in [3.8, 4) is 0 Å². The molecule has 0 radical (unpaired) electrons. The first-order valence-electron chi connectivity index (χ1n) is 6.06. The number of aliphatic hydroxyl groups excluding tert-OH is 1. The van der Waals surface area contributed by atoms with Gasteiger partial charge < -0.3 is 5.11 Å². The van der Waals surface area contributed by atoms with Crippen LogP contribution in [-0.2, 0) is 6.61 Å². The first kappa shape index (κ1) is 12.4. The minimum Gasteiger partial charge on any atom is -0.392 e. The van der Waals surface area contributed by atoms with E-state index < -0.39 is 0 Å². The van der Waals surface area contributed by atoms with Crippen molar-refractivity contribution in [2.75, 3.05) is 0 Å². The number of hydrogen-bond acceptors (Lipinski definition) is 1. The smallest absolute Gasteiger partial charge is 0.0684 e. The van der Waals surface area contributed by atoms with E-state index in [1.807, 2.05) is 0 Å². The van der Waals surface area contributed by atoms with E-state index in [1.54, 1.807) is 0 Å². The topological polar surface area (TPSA) is 20.2 Å². The highest BCUT2D eigenvalue weighted by Crippen LogP contribution is 2.39. The van der Waals surface area contributed by atoms with Crippen LogP contribution in [0.5, 0.6) is 0 Å². The van der Waals surface area contributed by atoms with Gasteiger partial charge in [-0.05, 0) is 36.8 Å². The highest BCUT2D eigenvalue weighted by atomic mass is 127. The van der Waals surface area contributed by atoms with Crippen molar-refractivity contribution >= 4 is 22.6 Å². The zero-order valence-electron chi connectivity index (χ0n) is 9.75. The molecular weight excluding hydrogens is 311 g/mol. The third-order valence-corrected chi connectivity index (χ3v) is 5.04. The molecule has 1 N–H and O–H groups in total.